The Morgan fingerprint density at radius 3 is 1.12 bits per heavy atom. The number of imidazole rings is 2. The number of anilines is 4. The first kappa shape index (κ1) is 62.5. The minimum atomic E-state index is -4.84. The number of nitrogens with one attached hydrogen (secondary N) is 2. The van der Waals surface area contributed by atoms with Crippen molar-refractivity contribution in [2.24, 2.45) is 0 Å². The van der Waals surface area contributed by atoms with Crippen LogP contribution in [0.1, 0.15) is 86.1 Å². The summed E-state index contributed by atoms with van der Waals surface area (Å²) < 4.78 is 249. The summed E-state index contributed by atoms with van der Waals surface area (Å²) in [5, 5.41) is 20.0. The predicted molar refractivity (Wildman–Crippen MR) is 280 cm³/mol. The zero-order valence-electron chi connectivity index (χ0n) is 45.2. The third-order valence-corrected chi connectivity index (χ3v) is 14.7. The molecule has 4 aromatic heterocycles. The normalized spacial score (nSPS) is 17.2. The number of aliphatic hydroxyl groups excluding tert-OH is 2. The van der Waals surface area contributed by atoms with Crippen LogP contribution in [0.2, 0.25) is 0 Å². The first-order chi connectivity index (χ1) is 40.2. The van der Waals surface area contributed by atoms with E-state index in [2.05, 4.69) is 29.9 Å². The van der Waals surface area contributed by atoms with Crippen LogP contribution < -0.4 is 19.6 Å². The number of hydrogen-bond donors (Lipinski definition) is 4. The van der Waals surface area contributed by atoms with E-state index in [9.17, 15) is 89.2 Å². The highest BCUT2D eigenvalue weighted by Crippen LogP contribution is 2.44. The lowest BCUT2D eigenvalue weighted by Gasteiger charge is -2.41. The number of aromatic nitrogens is 6. The van der Waals surface area contributed by atoms with E-state index in [1.807, 2.05) is 0 Å². The Balaban J connectivity index is 0.000000205. The SMILES string of the molecule is CC[C@@H](O)c1cnc(N2CCN(c3nc4c(-c5cc(F)c(F)c(F)c5)cc(C(F)(F)F)cc4[nH]3)[C@H](C)C2)c(C(F)(F)F)c1.CC[C@H](O)c1cnc(N2CCN(c3nc4c(-c5cc(F)c(F)c(F)c5)cc(C(F)(F)F)cc4[nH]3)[C@H](C)C2)c(C(F)(F)F)c1. The van der Waals surface area contributed by atoms with Crippen molar-refractivity contribution in [2.45, 2.75) is 89.5 Å². The molecule has 30 heteroatoms. The highest BCUT2D eigenvalue weighted by molar-refractivity contribution is 5.95. The van der Waals surface area contributed by atoms with Crippen molar-refractivity contribution in [3.8, 4) is 22.3 Å². The molecule has 86 heavy (non-hydrogen) atoms. The average Bonchev–Trinajstić information content (AvgIpc) is 1.86. The molecule has 4 N–H and O–H groups in total. The van der Waals surface area contributed by atoms with Crippen LogP contribution in [0.4, 0.5) is 103 Å². The van der Waals surface area contributed by atoms with Crippen molar-refractivity contribution < 1.29 is 89.2 Å². The molecule has 10 rings (SSSR count). The third-order valence-electron chi connectivity index (χ3n) is 14.7. The van der Waals surface area contributed by atoms with E-state index >= 15 is 0 Å². The van der Waals surface area contributed by atoms with Gasteiger partial charge in [0, 0.05) is 74.9 Å². The Hall–Kier alpha value is -8.02. The van der Waals surface area contributed by atoms with E-state index in [4.69, 9.17) is 0 Å². The number of fused-ring (bicyclic) bond motifs is 2. The molecule has 460 valence electrons. The summed E-state index contributed by atoms with van der Waals surface area (Å²) in [6.45, 7) is 6.87. The van der Waals surface area contributed by atoms with Gasteiger partial charge >= 0.3 is 24.7 Å². The van der Waals surface area contributed by atoms with Gasteiger partial charge in [-0.05, 0) is 110 Å². The fourth-order valence-electron chi connectivity index (χ4n) is 10.3. The molecule has 0 bridgehead atoms. The third kappa shape index (κ3) is 12.6. The lowest BCUT2D eigenvalue weighted by atomic mass is 10.0. The minimum absolute atomic E-state index is 0.0256. The van der Waals surface area contributed by atoms with Gasteiger partial charge in [0.25, 0.3) is 0 Å². The fourth-order valence-corrected chi connectivity index (χ4v) is 10.3. The van der Waals surface area contributed by atoms with E-state index in [1.54, 1.807) is 37.5 Å². The van der Waals surface area contributed by atoms with Gasteiger partial charge in [0.2, 0.25) is 11.9 Å². The summed E-state index contributed by atoms with van der Waals surface area (Å²) >= 11 is 0. The van der Waals surface area contributed by atoms with Crippen LogP contribution in [-0.4, -0.2) is 91.5 Å². The molecule has 0 radical (unpaired) electrons. The first-order valence-corrected chi connectivity index (χ1v) is 26.2. The Morgan fingerprint density at radius 2 is 0.826 bits per heavy atom. The van der Waals surface area contributed by atoms with E-state index in [-0.39, 0.29) is 131 Å². The Bertz CT molecular complexity index is 3530. The van der Waals surface area contributed by atoms with Crippen molar-refractivity contribution in [3.63, 3.8) is 0 Å². The molecule has 2 fully saturated rings. The summed E-state index contributed by atoms with van der Waals surface area (Å²) in [7, 11) is 0. The maximum atomic E-state index is 14.0. The van der Waals surface area contributed by atoms with Crippen LogP contribution in [0.15, 0.2) is 73.1 Å². The number of aromatic amines is 2. The topological polar surface area (TPSA) is 137 Å². The van der Waals surface area contributed by atoms with Gasteiger partial charge in [-0.2, -0.15) is 52.7 Å². The Kier molecular flexibility index (Phi) is 17.0. The molecule has 4 atom stereocenters. The van der Waals surface area contributed by atoms with E-state index < -0.39 is 106 Å². The highest BCUT2D eigenvalue weighted by Gasteiger charge is 2.41. The van der Waals surface area contributed by atoms with Crippen LogP contribution in [0.5, 0.6) is 0 Å². The van der Waals surface area contributed by atoms with Gasteiger partial charge in [-0.25, -0.2) is 46.3 Å². The Morgan fingerprint density at radius 1 is 0.488 bits per heavy atom. The number of benzene rings is 4. The van der Waals surface area contributed by atoms with E-state index in [0.717, 1.165) is 24.3 Å². The van der Waals surface area contributed by atoms with Gasteiger partial charge in [-0.3, -0.25) is 0 Å². The molecular formula is C56H48F18N10O2. The number of halogens is 18. The Labute approximate surface area is 475 Å². The van der Waals surface area contributed by atoms with Crippen molar-refractivity contribution in [1.82, 2.24) is 29.9 Å². The number of piperazine rings is 2. The highest BCUT2D eigenvalue weighted by atomic mass is 19.4. The van der Waals surface area contributed by atoms with Gasteiger partial charge in [0.15, 0.2) is 34.9 Å². The fraction of sp³-hybridized carbons (Fsp3) is 0.357. The minimum Gasteiger partial charge on any atom is -0.388 e. The van der Waals surface area contributed by atoms with Crippen molar-refractivity contribution in [1.29, 1.82) is 0 Å². The smallest absolute Gasteiger partial charge is 0.388 e. The second-order valence-corrected chi connectivity index (χ2v) is 20.6. The maximum absolute atomic E-state index is 14.0. The van der Waals surface area contributed by atoms with Crippen LogP contribution in [0.25, 0.3) is 44.3 Å². The zero-order chi connectivity index (χ0) is 62.9. The van der Waals surface area contributed by atoms with Crippen LogP contribution in [-0.2, 0) is 24.7 Å². The quantitative estimate of drug-likeness (QED) is 0.0774. The first-order valence-electron chi connectivity index (χ1n) is 26.2. The molecule has 12 nitrogen and oxygen atoms in total. The summed E-state index contributed by atoms with van der Waals surface area (Å²) in [4.78, 5) is 28.5. The van der Waals surface area contributed by atoms with Crippen LogP contribution in [0.3, 0.4) is 0 Å². The number of rotatable bonds is 10. The number of alkyl halides is 12. The molecule has 4 aromatic carbocycles. The molecule has 8 aromatic rings. The second-order valence-electron chi connectivity index (χ2n) is 20.6. The van der Waals surface area contributed by atoms with Gasteiger partial charge in [-0.15, -0.1) is 0 Å². The maximum Gasteiger partial charge on any atom is 0.419 e. The van der Waals surface area contributed by atoms with E-state index in [1.165, 1.54) is 22.2 Å². The number of aliphatic hydroxyl groups is 2. The summed E-state index contributed by atoms with van der Waals surface area (Å²) in [5.74, 6) is -10.4. The number of H-pyrrole nitrogens is 2. The van der Waals surface area contributed by atoms with Crippen molar-refractivity contribution in [3.05, 3.63) is 141 Å². The van der Waals surface area contributed by atoms with Gasteiger partial charge < -0.3 is 39.8 Å². The van der Waals surface area contributed by atoms with Crippen molar-refractivity contribution in [2.75, 3.05) is 58.9 Å². The second kappa shape index (κ2) is 23.3. The van der Waals surface area contributed by atoms with Crippen LogP contribution >= 0.6 is 0 Å². The molecule has 6 heterocycles. The largest absolute Gasteiger partial charge is 0.419 e. The van der Waals surface area contributed by atoms with E-state index in [0.29, 0.717) is 36.4 Å². The summed E-state index contributed by atoms with van der Waals surface area (Å²) in [6, 6.07) is 5.83. The monoisotopic (exact) mass is 1230 g/mol. The molecule has 2 aliphatic heterocycles. The molecule has 0 amide bonds. The lowest BCUT2D eigenvalue weighted by molar-refractivity contribution is -0.138. The predicted octanol–water partition coefficient (Wildman–Crippen LogP) is 14.5. The number of nitrogens with zero attached hydrogens (tertiary/aromatic N) is 8. The number of hydrogen-bond acceptors (Lipinski definition) is 10. The van der Waals surface area contributed by atoms with Crippen molar-refractivity contribution >= 4 is 45.6 Å². The lowest BCUT2D eigenvalue weighted by Crippen LogP contribution is -2.53. The molecular weight excluding hydrogens is 1190 g/mol. The zero-order valence-corrected chi connectivity index (χ0v) is 45.2. The molecule has 0 aliphatic carbocycles. The molecule has 2 saturated heterocycles. The molecule has 2 aliphatic rings. The molecule has 0 saturated carbocycles. The van der Waals surface area contributed by atoms with Gasteiger partial charge in [0.1, 0.15) is 11.6 Å². The molecule has 0 spiro atoms. The van der Waals surface area contributed by atoms with Gasteiger partial charge in [-0.1, -0.05) is 13.8 Å². The average molecular weight is 1240 g/mol. The summed E-state index contributed by atoms with van der Waals surface area (Å²) in [5.41, 5.74) is -5.98. The van der Waals surface area contributed by atoms with Gasteiger partial charge in [0.05, 0.1) is 56.5 Å². The summed E-state index contributed by atoms with van der Waals surface area (Å²) in [6.07, 6.45) is -18.6. The molecule has 0 unspecified atom stereocenters. The number of pyridine rings is 2. The standard InChI is InChI=1S/2C28H24F9N5O/c2*1-3-22(43)15-6-18(28(35,36)37)25(38-11-15)41-4-5-42(13(2)12-41)26-39-21-10-16(27(32,33)34)9-17(24(21)40-26)14-7-19(29)23(31)20(30)8-14/h2*6-11,13,22,43H,3-5,12H2,1-2H3,(H,39,40)/t13-,22+;13-,22-/m11/s1. The van der Waals surface area contributed by atoms with Crippen LogP contribution in [0, 0.1) is 34.9 Å².